The van der Waals surface area contributed by atoms with Crippen LogP contribution in [0.4, 0.5) is 8.78 Å². The van der Waals surface area contributed by atoms with Gasteiger partial charge in [-0.05, 0) is 43.5 Å². The smallest absolute Gasteiger partial charge is 0.185 e. The molecular formula is C15H21F2NO2S. The fourth-order valence-corrected chi connectivity index (χ4v) is 5.64. The third-order valence-electron chi connectivity index (χ3n) is 4.43. The summed E-state index contributed by atoms with van der Waals surface area (Å²) >= 11 is 0. The van der Waals surface area contributed by atoms with E-state index < -0.39 is 31.6 Å². The summed E-state index contributed by atoms with van der Waals surface area (Å²) < 4.78 is 52.7. The molecule has 1 aliphatic carbocycles. The molecule has 0 bridgehead atoms. The van der Waals surface area contributed by atoms with Crippen LogP contribution in [0.5, 0.6) is 0 Å². The molecule has 0 aliphatic heterocycles. The van der Waals surface area contributed by atoms with Gasteiger partial charge in [0, 0.05) is 6.04 Å². The summed E-state index contributed by atoms with van der Waals surface area (Å²) in [6.07, 6.45) is 2.11. The Kier molecular flexibility index (Phi) is 4.40. The molecule has 2 atom stereocenters. The lowest BCUT2D eigenvalue weighted by molar-refractivity contribution is 0.178. The Balaban J connectivity index is 2.49. The van der Waals surface area contributed by atoms with E-state index in [4.69, 9.17) is 0 Å². The molecule has 2 rings (SSSR count). The van der Waals surface area contributed by atoms with Crippen molar-refractivity contribution in [3.8, 4) is 0 Å². The van der Waals surface area contributed by atoms with Crippen LogP contribution in [-0.2, 0) is 9.84 Å². The van der Waals surface area contributed by atoms with Crippen molar-refractivity contribution in [2.45, 2.75) is 49.3 Å². The quantitative estimate of drug-likeness (QED) is 0.932. The van der Waals surface area contributed by atoms with E-state index in [1.54, 1.807) is 7.05 Å². The highest BCUT2D eigenvalue weighted by Crippen LogP contribution is 2.40. The summed E-state index contributed by atoms with van der Waals surface area (Å²) in [7, 11) is -2.21. The van der Waals surface area contributed by atoms with Gasteiger partial charge in [0.1, 0.15) is 16.5 Å². The fraction of sp³-hybridized carbons (Fsp3) is 0.600. The standard InChI is InChI=1S/C15H21F2NO2S/c1-15(2)8-4-5-12(14(15)18-3)21(19,20)13-9-10(16)6-7-11(13)17/h6-7,9,12,14,18H,4-5,8H2,1-3H3. The van der Waals surface area contributed by atoms with Crippen LogP contribution < -0.4 is 5.32 Å². The second-order valence-corrected chi connectivity index (χ2v) is 8.44. The largest absolute Gasteiger partial charge is 0.315 e. The molecule has 0 aromatic heterocycles. The zero-order chi connectivity index (χ0) is 15.8. The lowest BCUT2D eigenvalue weighted by Gasteiger charge is -2.43. The maximum Gasteiger partial charge on any atom is 0.185 e. The normalized spacial score (nSPS) is 25.8. The van der Waals surface area contributed by atoms with Gasteiger partial charge in [-0.15, -0.1) is 0 Å². The number of benzene rings is 1. The van der Waals surface area contributed by atoms with Crippen LogP contribution in [-0.4, -0.2) is 26.8 Å². The van der Waals surface area contributed by atoms with Gasteiger partial charge in [-0.3, -0.25) is 0 Å². The number of rotatable bonds is 3. The predicted molar refractivity (Wildman–Crippen MR) is 77.8 cm³/mol. The minimum Gasteiger partial charge on any atom is -0.315 e. The van der Waals surface area contributed by atoms with Crippen molar-refractivity contribution in [3.05, 3.63) is 29.8 Å². The van der Waals surface area contributed by atoms with Crippen LogP contribution in [0, 0.1) is 17.0 Å². The molecule has 0 saturated heterocycles. The van der Waals surface area contributed by atoms with Gasteiger partial charge in [0.2, 0.25) is 0 Å². The summed E-state index contributed by atoms with van der Waals surface area (Å²) in [5, 5.41) is 2.31. The number of sulfone groups is 1. The lowest BCUT2D eigenvalue weighted by atomic mass is 9.73. The molecule has 1 N–H and O–H groups in total. The molecule has 1 saturated carbocycles. The highest BCUT2D eigenvalue weighted by Gasteiger charge is 2.45. The van der Waals surface area contributed by atoms with Crippen LogP contribution in [0.3, 0.4) is 0 Å². The Morgan fingerprint density at radius 1 is 1.29 bits per heavy atom. The average Bonchev–Trinajstić information content (AvgIpc) is 2.40. The summed E-state index contributed by atoms with van der Waals surface area (Å²) in [4.78, 5) is -0.537. The Morgan fingerprint density at radius 3 is 2.57 bits per heavy atom. The van der Waals surface area contributed by atoms with Gasteiger partial charge in [-0.25, -0.2) is 17.2 Å². The van der Waals surface area contributed by atoms with Crippen molar-refractivity contribution in [2.24, 2.45) is 5.41 Å². The Morgan fingerprint density at radius 2 is 1.95 bits per heavy atom. The van der Waals surface area contributed by atoms with E-state index in [1.807, 2.05) is 13.8 Å². The van der Waals surface area contributed by atoms with Crippen LogP contribution in [0.25, 0.3) is 0 Å². The maximum absolute atomic E-state index is 13.9. The van der Waals surface area contributed by atoms with Gasteiger partial charge >= 0.3 is 0 Å². The Hall–Kier alpha value is -1.01. The van der Waals surface area contributed by atoms with E-state index in [-0.39, 0.29) is 11.5 Å². The molecule has 0 heterocycles. The van der Waals surface area contributed by atoms with E-state index in [0.717, 1.165) is 31.0 Å². The topological polar surface area (TPSA) is 46.2 Å². The molecule has 2 unspecified atom stereocenters. The van der Waals surface area contributed by atoms with Crippen molar-refractivity contribution >= 4 is 9.84 Å². The molecule has 1 aromatic rings. The molecule has 3 nitrogen and oxygen atoms in total. The zero-order valence-corrected chi connectivity index (χ0v) is 13.3. The summed E-state index contributed by atoms with van der Waals surface area (Å²) in [6.45, 7) is 4.00. The van der Waals surface area contributed by atoms with Crippen LogP contribution >= 0.6 is 0 Å². The zero-order valence-electron chi connectivity index (χ0n) is 12.5. The van der Waals surface area contributed by atoms with E-state index in [9.17, 15) is 17.2 Å². The van der Waals surface area contributed by atoms with Crippen molar-refractivity contribution < 1.29 is 17.2 Å². The highest BCUT2D eigenvalue weighted by atomic mass is 32.2. The first-order chi connectivity index (χ1) is 9.70. The molecule has 0 amide bonds. The van der Waals surface area contributed by atoms with E-state index >= 15 is 0 Å². The first kappa shape index (κ1) is 16.4. The number of nitrogens with one attached hydrogen (secondary N) is 1. The highest BCUT2D eigenvalue weighted by molar-refractivity contribution is 7.92. The first-order valence-electron chi connectivity index (χ1n) is 7.06. The van der Waals surface area contributed by atoms with Crippen LogP contribution in [0.15, 0.2) is 23.1 Å². The molecule has 1 aromatic carbocycles. The minimum absolute atomic E-state index is 0.214. The molecule has 21 heavy (non-hydrogen) atoms. The van der Waals surface area contributed by atoms with Crippen molar-refractivity contribution in [1.82, 2.24) is 5.32 Å². The summed E-state index contributed by atoms with van der Waals surface area (Å²) in [6, 6.07) is 2.28. The third-order valence-corrected chi connectivity index (χ3v) is 6.66. The van der Waals surface area contributed by atoms with Gasteiger partial charge in [0.05, 0.1) is 5.25 Å². The molecule has 0 radical (unpaired) electrons. The number of hydrogen-bond acceptors (Lipinski definition) is 3. The van der Waals surface area contributed by atoms with Crippen LogP contribution in [0.2, 0.25) is 0 Å². The molecule has 1 aliphatic rings. The maximum atomic E-state index is 13.9. The fourth-order valence-electron chi connectivity index (χ4n) is 3.35. The van der Waals surface area contributed by atoms with Crippen molar-refractivity contribution in [1.29, 1.82) is 0 Å². The van der Waals surface area contributed by atoms with E-state index in [0.29, 0.717) is 6.42 Å². The predicted octanol–water partition coefficient (Wildman–Crippen LogP) is 2.91. The second-order valence-electron chi connectivity index (χ2n) is 6.31. The first-order valence-corrected chi connectivity index (χ1v) is 8.61. The average molecular weight is 317 g/mol. The number of hydrogen-bond donors (Lipinski definition) is 1. The minimum atomic E-state index is -3.93. The monoisotopic (exact) mass is 317 g/mol. The Labute approximate surface area is 124 Å². The van der Waals surface area contributed by atoms with Crippen molar-refractivity contribution in [3.63, 3.8) is 0 Å². The lowest BCUT2D eigenvalue weighted by Crippen LogP contribution is -2.54. The Bertz CT molecular complexity index is 629. The van der Waals surface area contributed by atoms with Gasteiger partial charge < -0.3 is 5.32 Å². The number of halogens is 2. The molecule has 6 heteroatoms. The summed E-state index contributed by atoms with van der Waals surface area (Å²) in [5.41, 5.74) is -0.214. The van der Waals surface area contributed by atoms with Gasteiger partial charge in [-0.2, -0.15) is 0 Å². The van der Waals surface area contributed by atoms with Crippen molar-refractivity contribution in [2.75, 3.05) is 7.05 Å². The molecule has 118 valence electrons. The van der Waals surface area contributed by atoms with E-state index in [1.165, 1.54) is 0 Å². The molecule has 1 fully saturated rings. The molecule has 0 spiro atoms. The van der Waals surface area contributed by atoms with Gasteiger partial charge in [0.25, 0.3) is 0 Å². The summed E-state index contributed by atoms with van der Waals surface area (Å²) in [5.74, 6) is -1.64. The van der Waals surface area contributed by atoms with E-state index in [2.05, 4.69) is 5.32 Å². The van der Waals surface area contributed by atoms with Gasteiger partial charge in [-0.1, -0.05) is 20.3 Å². The van der Waals surface area contributed by atoms with Crippen LogP contribution in [0.1, 0.15) is 33.1 Å². The molecular weight excluding hydrogens is 296 g/mol. The second kappa shape index (κ2) is 5.65. The van der Waals surface area contributed by atoms with Gasteiger partial charge in [0.15, 0.2) is 9.84 Å². The SMILES string of the molecule is CNC1C(S(=O)(=O)c2cc(F)ccc2F)CCCC1(C)C. The third kappa shape index (κ3) is 2.97.